The van der Waals surface area contributed by atoms with E-state index in [0.29, 0.717) is 5.25 Å². The van der Waals surface area contributed by atoms with Crippen LogP contribution in [0.5, 0.6) is 0 Å². The molecule has 0 spiro atoms. The smallest absolute Gasteiger partial charge is 0.303 e. The maximum Gasteiger partial charge on any atom is 0.303 e. The average Bonchev–Trinajstić information content (AvgIpc) is 3.40. The van der Waals surface area contributed by atoms with Crippen LogP contribution in [0.4, 0.5) is 0 Å². The molecule has 2 aromatic carbocycles. The van der Waals surface area contributed by atoms with E-state index in [9.17, 15) is 15.0 Å². The molecule has 156 valence electrons. The first-order chi connectivity index (χ1) is 13.7. The first-order valence-electron chi connectivity index (χ1n) is 10.4. The molecular weight excluding hydrogens is 380 g/mol. The normalized spacial score (nSPS) is 16.4. The predicted molar refractivity (Wildman–Crippen MR) is 120 cm³/mol. The van der Waals surface area contributed by atoms with Crippen molar-refractivity contribution in [2.45, 2.75) is 63.7 Å². The van der Waals surface area contributed by atoms with Crippen molar-refractivity contribution in [3.8, 4) is 0 Å². The van der Waals surface area contributed by atoms with Crippen molar-refractivity contribution >= 4 is 17.7 Å². The summed E-state index contributed by atoms with van der Waals surface area (Å²) in [6.07, 6.45) is 4.17. The van der Waals surface area contributed by atoms with Crippen molar-refractivity contribution in [3.63, 3.8) is 0 Å². The number of carboxylic acid groups (broad SMARTS) is 1. The Morgan fingerprint density at radius 2 is 1.90 bits per heavy atom. The van der Waals surface area contributed by atoms with E-state index >= 15 is 0 Å². The predicted octanol–water partition coefficient (Wildman–Crippen LogP) is 5.88. The number of carbonyl (C=O) groups is 1. The van der Waals surface area contributed by atoms with E-state index < -0.39 is 11.6 Å². The molecule has 0 radical (unpaired) electrons. The lowest BCUT2D eigenvalue weighted by Crippen LogP contribution is -2.18. The van der Waals surface area contributed by atoms with E-state index in [1.54, 1.807) is 0 Å². The van der Waals surface area contributed by atoms with Crippen LogP contribution in [0, 0.1) is 12.3 Å². The number of rotatable bonds is 10. The van der Waals surface area contributed by atoms with E-state index in [4.69, 9.17) is 0 Å². The number of thioether (sulfide) groups is 1. The first-order valence-corrected chi connectivity index (χ1v) is 11.4. The van der Waals surface area contributed by atoms with E-state index in [1.807, 2.05) is 43.8 Å². The zero-order valence-corrected chi connectivity index (χ0v) is 18.5. The van der Waals surface area contributed by atoms with Gasteiger partial charge in [0, 0.05) is 11.0 Å². The molecule has 4 heteroatoms. The van der Waals surface area contributed by atoms with Crippen molar-refractivity contribution in [3.05, 3.63) is 70.8 Å². The van der Waals surface area contributed by atoms with Crippen LogP contribution in [-0.4, -0.2) is 21.9 Å². The van der Waals surface area contributed by atoms with Crippen LogP contribution in [0.2, 0.25) is 0 Å². The average molecular weight is 413 g/mol. The van der Waals surface area contributed by atoms with Crippen LogP contribution >= 0.6 is 11.8 Å². The van der Waals surface area contributed by atoms with Crippen molar-refractivity contribution in [1.29, 1.82) is 0 Å². The largest absolute Gasteiger partial charge is 0.481 e. The Kier molecular flexibility index (Phi) is 6.75. The number of aliphatic carboxylic acids is 1. The molecule has 1 aliphatic rings. The Labute approximate surface area is 178 Å². The van der Waals surface area contributed by atoms with Crippen LogP contribution in [-0.2, 0) is 16.8 Å². The molecule has 0 heterocycles. The lowest BCUT2D eigenvalue weighted by molar-refractivity contribution is -0.138. The molecule has 3 rings (SSSR count). The highest BCUT2D eigenvalue weighted by molar-refractivity contribution is 7.99. The van der Waals surface area contributed by atoms with Gasteiger partial charge in [-0.3, -0.25) is 4.79 Å². The summed E-state index contributed by atoms with van der Waals surface area (Å²) in [6.45, 7) is 5.78. The fourth-order valence-corrected chi connectivity index (χ4v) is 5.55. The van der Waals surface area contributed by atoms with Gasteiger partial charge in [-0.1, -0.05) is 54.1 Å². The molecule has 3 nitrogen and oxygen atoms in total. The van der Waals surface area contributed by atoms with Gasteiger partial charge in [-0.25, -0.2) is 0 Å². The van der Waals surface area contributed by atoms with Gasteiger partial charge in [-0.15, -0.1) is 0 Å². The van der Waals surface area contributed by atoms with Gasteiger partial charge in [-0.2, -0.15) is 11.8 Å². The molecule has 1 unspecified atom stereocenters. The third kappa shape index (κ3) is 6.10. The van der Waals surface area contributed by atoms with Crippen molar-refractivity contribution in [1.82, 2.24) is 0 Å². The minimum Gasteiger partial charge on any atom is -0.481 e. The van der Waals surface area contributed by atoms with E-state index in [0.717, 1.165) is 37.0 Å². The topological polar surface area (TPSA) is 57.5 Å². The number of carboxylic acids is 1. The zero-order valence-electron chi connectivity index (χ0n) is 17.6. The molecule has 1 aliphatic carbocycles. The Hall–Kier alpha value is -1.78. The molecule has 0 bridgehead atoms. The van der Waals surface area contributed by atoms with Crippen molar-refractivity contribution in [2.24, 2.45) is 5.41 Å². The number of hydrogen-bond acceptors (Lipinski definition) is 3. The SMILES string of the molecule is Cc1cccc(C(CCc2ccccc2C(C)(C)O)SCC2(CC(=O)O)CC2)c1. The van der Waals surface area contributed by atoms with Crippen LogP contribution in [0.1, 0.15) is 67.0 Å². The maximum absolute atomic E-state index is 11.2. The van der Waals surface area contributed by atoms with Gasteiger partial charge in [0.25, 0.3) is 0 Å². The highest BCUT2D eigenvalue weighted by Crippen LogP contribution is 2.53. The summed E-state index contributed by atoms with van der Waals surface area (Å²) in [5.41, 5.74) is 3.85. The number of hydrogen-bond donors (Lipinski definition) is 2. The number of aryl methyl sites for hydroxylation is 2. The highest BCUT2D eigenvalue weighted by atomic mass is 32.2. The summed E-state index contributed by atoms with van der Waals surface area (Å²) in [5.74, 6) is 0.208. The molecule has 0 amide bonds. The van der Waals surface area contributed by atoms with Gasteiger partial charge in [0.2, 0.25) is 0 Å². The van der Waals surface area contributed by atoms with Gasteiger partial charge < -0.3 is 10.2 Å². The summed E-state index contributed by atoms with van der Waals surface area (Å²) in [7, 11) is 0. The molecule has 0 aliphatic heterocycles. The Balaban J connectivity index is 1.75. The number of aliphatic hydroxyl groups is 1. The molecule has 2 N–H and O–H groups in total. The second-order valence-corrected chi connectivity index (χ2v) is 10.2. The van der Waals surface area contributed by atoms with Gasteiger partial charge >= 0.3 is 5.97 Å². The van der Waals surface area contributed by atoms with E-state index in [2.05, 4.69) is 37.3 Å². The zero-order chi connectivity index (χ0) is 21.1. The second kappa shape index (κ2) is 8.93. The summed E-state index contributed by atoms with van der Waals surface area (Å²) >= 11 is 1.90. The first kappa shape index (κ1) is 21.9. The van der Waals surface area contributed by atoms with Gasteiger partial charge in [0.05, 0.1) is 12.0 Å². The van der Waals surface area contributed by atoms with Crippen LogP contribution < -0.4 is 0 Å². The third-order valence-corrected chi connectivity index (χ3v) is 7.53. The molecule has 29 heavy (non-hydrogen) atoms. The standard InChI is InChI=1S/C25H32O3S/c1-18-7-6-9-20(15-18)22(29-17-25(13-14-25)16-23(26)27)12-11-19-8-4-5-10-21(19)24(2,3)28/h4-10,15,22,28H,11-14,16-17H2,1-3H3,(H,26,27). The summed E-state index contributed by atoms with van der Waals surface area (Å²) in [6, 6.07) is 16.8. The minimum atomic E-state index is -0.859. The van der Waals surface area contributed by atoms with Crippen LogP contribution in [0.15, 0.2) is 48.5 Å². The van der Waals surface area contributed by atoms with Gasteiger partial charge in [0.15, 0.2) is 0 Å². The fourth-order valence-electron chi connectivity index (χ4n) is 3.99. The fraction of sp³-hybridized carbons (Fsp3) is 0.480. The Bertz CT molecular complexity index is 849. The van der Waals surface area contributed by atoms with Gasteiger partial charge in [-0.05, 0) is 68.6 Å². The Morgan fingerprint density at radius 3 is 2.52 bits per heavy atom. The molecule has 0 saturated heterocycles. The summed E-state index contributed by atoms with van der Waals surface area (Å²) in [5, 5.41) is 20.1. The monoisotopic (exact) mass is 412 g/mol. The molecular formula is C25H32O3S. The molecule has 1 atom stereocenters. The lowest BCUT2D eigenvalue weighted by atomic mass is 9.90. The summed E-state index contributed by atoms with van der Waals surface area (Å²) in [4.78, 5) is 11.2. The van der Waals surface area contributed by atoms with E-state index in [1.165, 1.54) is 16.7 Å². The third-order valence-electron chi connectivity index (χ3n) is 5.84. The molecule has 1 fully saturated rings. The van der Waals surface area contributed by atoms with Crippen LogP contribution in [0.3, 0.4) is 0 Å². The van der Waals surface area contributed by atoms with Crippen molar-refractivity contribution in [2.75, 3.05) is 5.75 Å². The minimum absolute atomic E-state index is 0.0103. The second-order valence-electron chi connectivity index (χ2n) is 9.04. The molecule has 2 aromatic rings. The quantitative estimate of drug-likeness (QED) is 0.511. The summed E-state index contributed by atoms with van der Waals surface area (Å²) < 4.78 is 0. The Morgan fingerprint density at radius 1 is 1.17 bits per heavy atom. The lowest BCUT2D eigenvalue weighted by Gasteiger charge is -2.24. The van der Waals surface area contributed by atoms with Crippen LogP contribution in [0.25, 0.3) is 0 Å². The highest BCUT2D eigenvalue weighted by Gasteiger charge is 2.44. The van der Waals surface area contributed by atoms with E-state index in [-0.39, 0.29) is 11.8 Å². The maximum atomic E-state index is 11.2. The molecule has 1 saturated carbocycles. The molecule has 0 aromatic heterocycles. The van der Waals surface area contributed by atoms with Gasteiger partial charge in [0.1, 0.15) is 0 Å². The van der Waals surface area contributed by atoms with Crippen molar-refractivity contribution < 1.29 is 15.0 Å². The number of benzene rings is 2.